The molecule has 1 aliphatic rings. The predicted molar refractivity (Wildman–Crippen MR) is 78.3 cm³/mol. The molecule has 2 aromatic rings. The Bertz CT molecular complexity index is 681. The molecule has 3 nitrogen and oxygen atoms in total. The maximum absolute atomic E-state index is 13.7. The van der Waals surface area contributed by atoms with Gasteiger partial charge in [0.05, 0.1) is 21.6 Å². The van der Waals surface area contributed by atoms with Crippen molar-refractivity contribution in [2.24, 2.45) is 5.92 Å². The van der Waals surface area contributed by atoms with Gasteiger partial charge < -0.3 is 14.3 Å². The van der Waals surface area contributed by atoms with Gasteiger partial charge in [-0.15, -0.1) is 0 Å². The SMILES string of the molecule is CC1OCCC1Cn1c(=S)[nH]c2cc(Br)c(F)cc21. The number of hydrogen-bond acceptors (Lipinski definition) is 2. The third kappa shape index (κ3) is 2.37. The van der Waals surface area contributed by atoms with Gasteiger partial charge in [-0.2, -0.15) is 0 Å². The zero-order chi connectivity index (χ0) is 13.6. The van der Waals surface area contributed by atoms with Gasteiger partial charge in [-0.3, -0.25) is 0 Å². The number of nitrogens with one attached hydrogen (secondary N) is 1. The van der Waals surface area contributed by atoms with Crippen LogP contribution in [0.25, 0.3) is 11.0 Å². The second-order valence-corrected chi connectivity index (χ2v) is 6.19. The number of halogens is 2. The molecule has 1 N–H and O–H groups in total. The highest BCUT2D eigenvalue weighted by Gasteiger charge is 2.25. The van der Waals surface area contributed by atoms with E-state index in [0.29, 0.717) is 15.2 Å². The number of imidazole rings is 1. The number of nitrogens with zero attached hydrogens (tertiary/aromatic N) is 1. The first-order valence-corrected chi connectivity index (χ1v) is 7.45. The van der Waals surface area contributed by atoms with E-state index in [2.05, 4.69) is 27.8 Å². The Hall–Kier alpha value is -0.720. The molecule has 0 saturated carbocycles. The molecule has 2 heterocycles. The number of hydrogen-bond donors (Lipinski definition) is 1. The monoisotopic (exact) mass is 344 g/mol. The van der Waals surface area contributed by atoms with E-state index in [4.69, 9.17) is 17.0 Å². The molecule has 1 saturated heterocycles. The fraction of sp³-hybridized carbons (Fsp3) is 0.462. The van der Waals surface area contributed by atoms with E-state index in [1.54, 1.807) is 6.07 Å². The standard InChI is InChI=1S/C13H14BrFN2OS/c1-7-8(2-3-18-7)6-17-12-5-10(15)9(14)4-11(12)16-13(17)19/h4-5,7-8H,2-3,6H2,1H3,(H,16,19). The van der Waals surface area contributed by atoms with Crippen molar-refractivity contribution in [1.29, 1.82) is 0 Å². The molecule has 1 aromatic carbocycles. The first-order chi connectivity index (χ1) is 9.06. The van der Waals surface area contributed by atoms with Crippen molar-refractivity contribution in [3.63, 3.8) is 0 Å². The first kappa shape index (κ1) is 13.3. The topological polar surface area (TPSA) is 29.9 Å². The minimum atomic E-state index is -0.272. The second-order valence-electron chi connectivity index (χ2n) is 4.95. The third-order valence-electron chi connectivity index (χ3n) is 3.77. The van der Waals surface area contributed by atoms with Crippen LogP contribution in [-0.2, 0) is 11.3 Å². The number of fused-ring (bicyclic) bond motifs is 1. The number of aromatic amines is 1. The highest BCUT2D eigenvalue weighted by Crippen LogP contribution is 2.27. The Morgan fingerprint density at radius 2 is 2.37 bits per heavy atom. The number of benzene rings is 1. The summed E-state index contributed by atoms with van der Waals surface area (Å²) in [5.74, 6) is 0.156. The van der Waals surface area contributed by atoms with Crippen molar-refractivity contribution in [1.82, 2.24) is 9.55 Å². The van der Waals surface area contributed by atoms with E-state index in [-0.39, 0.29) is 11.9 Å². The molecule has 2 unspecified atom stereocenters. The van der Waals surface area contributed by atoms with Gasteiger partial charge in [-0.1, -0.05) is 0 Å². The number of H-pyrrole nitrogens is 1. The Kier molecular flexibility index (Phi) is 3.49. The van der Waals surface area contributed by atoms with Crippen molar-refractivity contribution >= 4 is 39.2 Å². The third-order valence-corrected chi connectivity index (χ3v) is 4.70. The van der Waals surface area contributed by atoms with Crippen LogP contribution in [0.3, 0.4) is 0 Å². The molecule has 1 fully saturated rings. The molecule has 6 heteroatoms. The normalized spacial score (nSPS) is 23.3. The van der Waals surface area contributed by atoms with E-state index in [1.165, 1.54) is 6.07 Å². The molecular weight excluding hydrogens is 331 g/mol. The average Bonchev–Trinajstić information content (AvgIpc) is 2.88. The van der Waals surface area contributed by atoms with E-state index < -0.39 is 0 Å². The summed E-state index contributed by atoms with van der Waals surface area (Å²) in [4.78, 5) is 3.12. The lowest BCUT2D eigenvalue weighted by Crippen LogP contribution is -2.17. The van der Waals surface area contributed by atoms with Crippen molar-refractivity contribution in [3.8, 4) is 0 Å². The fourth-order valence-electron chi connectivity index (χ4n) is 2.58. The summed E-state index contributed by atoms with van der Waals surface area (Å²) in [7, 11) is 0. The minimum Gasteiger partial charge on any atom is -0.378 e. The van der Waals surface area contributed by atoms with Crippen molar-refractivity contribution in [2.75, 3.05) is 6.61 Å². The number of ether oxygens (including phenoxy) is 1. The Balaban J connectivity index is 2.05. The van der Waals surface area contributed by atoms with Gasteiger partial charge in [0, 0.05) is 25.1 Å². The van der Waals surface area contributed by atoms with Crippen LogP contribution in [0.2, 0.25) is 0 Å². The largest absolute Gasteiger partial charge is 0.378 e. The molecule has 3 rings (SSSR count). The van der Waals surface area contributed by atoms with Crippen LogP contribution in [0.15, 0.2) is 16.6 Å². The van der Waals surface area contributed by atoms with E-state index >= 15 is 0 Å². The summed E-state index contributed by atoms with van der Waals surface area (Å²) in [6.45, 7) is 3.63. The summed E-state index contributed by atoms with van der Waals surface area (Å²) in [5, 5.41) is 0. The summed E-state index contributed by atoms with van der Waals surface area (Å²) in [6.07, 6.45) is 1.25. The smallest absolute Gasteiger partial charge is 0.178 e. The van der Waals surface area contributed by atoms with Crippen LogP contribution in [0.5, 0.6) is 0 Å². The van der Waals surface area contributed by atoms with Crippen LogP contribution in [0.1, 0.15) is 13.3 Å². The molecule has 1 aromatic heterocycles. The van der Waals surface area contributed by atoms with Crippen LogP contribution >= 0.6 is 28.1 Å². The lowest BCUT2D eigenvalue weighted by Gasteiger charge is -2.15. The maximum Gasteiger partial charge on any atom is 0.178 e. The number of aromatic nitrogens is 2. The molecule has 19 heavy (non-hydrogen) atoms. The van der Waals surface area contributed by atoms with Gasteiger partial charge in [0.2, 0.25) is 0 Å². The molecule has 0 bridgehead atoms. The molecule has 102 valence electrons. The lowest BCUT2D eigenvalue weighted by atomic mass is 10.0. The van der Waals surface area contributed by atoms with Crippen LogP contribution in [-0.4, -0.2) is 22.3 Å². The Labute approximate surface area is 123 Å². The van der Waals surface area contributed by atoms with Crippen LogP contribution < -0.4 is 0 Å². The van der Waals surface area contributed by atoms with Crippen LogP contribution in [0, 0.1) is 16.5 Å². The van der Waals surface area contributed by atoms with Crippen molar-refractivity contribution in [2.45, 2.75) is 26.0 Å². The molecule has 0 spiro atoms. The zero-order valence-electron chi connectivity index (χ0n) is 10.5. The molecule has 0 aliphatic carbocycles. The van der Waals surface area contributed by atoms with E-state index in [0.717, 1.165) is 30.6 Å². The Morgan fingerprint density at radius 1 is 1.58 bits per heavy atom. The van der Waals surface area contributed by atoms with E-state index in [9.17, 15) is 4.39 Å². The molecular formula is C13H14BrFN2OS. The Morgan fingerprint density at radius 3 is 3.05 bits per heavy atom. The van der Waals surface area contributed by atoms with Crippen molar-refractivity contribution < 1.29 is 9.13 Å². The second kappa shape index (κ2) is 5.00. The highest BCUT2D eigenvalue weighted by molar-refractivity contribution is 9.10. The lowest BCUT2D eigenvalue weighted by molar-refractivity contribution is 0.102. The summed E-state index contributed by atoms with van der Waals surface area (Å²) in [5.41, 5.74) is 1.66. The van der Waals surface area contributed by atoms with Gasteiger partial charge in [0.15, 0.2) is 4.77 Å². The number of rotatable bonds is 2. The van der Waals surface area contributed by atoms with Crippen LogP contribution in [0.4, 0.5) is 4.39 Å². The predicted octanol–water partition coefficient (Wildman–Crippen LogP) is 4.03. The molecule has 2 atom stereocenters. The van der Waals surface area contributed by atoms with E-state index in [1.807, 2.05) is 4.57 Å². The highest BCUT2D eigenvalue weighted by atomic mass is 79.9. The quantitative estimate of drug-likeness (QED) is 0.833. The minimum absolute atomic E-state index is 0.229. The van der Waals surface area contributed by atoms with Gasteiger partial charge >= 0.3 is 0 Å². The summed E-state index contributed by atoms with van der Waals surface area (Å²) < 4.78 is 22.3. The molecule has 1 aliphatic heterocycles. The van der Waals surface area contributed by atoms with Gasteiger partial charge in [-0.05, 0) is 47.6 Å². The molecule has 0 radical (unpaired) electrons. The summed E-state index contributed by atoms with van der Waals surface area (Å²) >= 11 is 8.53. The average molecular weight is 345 g/mol. The van der Waals surface area contributed by atoms with Gasteiger partial charge in [0.1, 0.15) is 5.82 Å². The van der Waals surface area contributed by atoms with Crippen molar-refractivity contribution in [3.05, 3.63) is 27.2 Å². The molecule has 0 amide bonds. The zero-order valence-corrected chi connectivity index (χ0v) is 12.9. The summed E-state index contributed by atoms with van der Waals surface area (Å²) in [6, 6.07) is 3.25. The van der Waals surface area contributed by atoms with Gasteiger partial charge in [0.25, 0.3) is 0 Å². The maximum atomic E-state index is 13.7. The fourth-order valence-corrected chi connectivity index (χ4v) is 3.21. The van der Waals surface area contributed by atoms with Gasteiger partial charge in [-0.25, -0.2) is 4.39 Å². The first-order valence-electron chi connectivity index (χ1n) is 6.25.